The van der Waals surface area contributed by atoms with Gasteiger partial charge in [0.2, 0.25) is 0 Å². The van der Waals surface area contributed by atoms with Crippen molar-refractivity contribution in [3.05, 3.63) is 11.1 Å². The summed E-state index contributed by atoms with van der Waals surface area (Å²) in [5.41, 5.74) is 5.16. The first-order valence-corrected chi connectivity index (χ1v) is 3.22. The lowest BCUT2D eigenvalue weighted by molar-refractivity contribution is -0.138. The SMILES string of the molecule is C/C(Cl)=C/CC(N)C(=O)O. The standard InChI is InChI=1S/C6H10ClNO2/c1-4(7)2-3-5(8)6(9)10/h2,5H,3,8H2,1H3,(H,9,10)/b4-2-. The fraction of sp³-hybridized carbons (Fsp3) is 0.500. The number of nitrogens with two attached hydrogens (primary N) is 1. The van der Waals surface area contributed by atoms with Gasteiger partial charge in [0.15, 0.2) is 0 Å². The summed E-state index contributed by atoms with van der Waals surface area (Å²) < 4.78 is 0. The van der Waals surface area contributed by atoms with Gasteiger partial charge in [-0.25, -0.2) is 0 Å². The predicted molar refractivity (Wildman–Crippen MR) is 39.8 cm³/mol. The summed E-state index contributed by atoms with van der Waals surface area (Å²) in [7, 11) is 0. The molecule has 0 spiro atoms. The van der Waals surface area contributed by atoms with Crippen molar-refractivity contribution >= 4 is 17.6 Å². The minimum Gasteiger partial charge on any atom is -0.480 e. The minimum absolute atomic E-state index is 0.282. The molecule has 0 aromatic rings. The number of carboxylic acids is 1. The van der Waals surface area contributed by atoms with Crippen molar-refractivity contribution < 1.29 is 9.90 Å². The van der Waals surface area contributed by atoms with Crippen LogP contribution in [-0.2, 0) is 4.79 Å². The third-order valence-corrected chi connectivity index (χ3v) is 1.12. The lowest BCUT2D eigenvalue weighted by Crippen LogP contribution is -2.29. The van der Waals surface area contributed by atoms with Crippen molar-refractivity contribution in [2.24, 2.45) is 5.73 Å². The zero-order chi connectivity index (χ0) is 8.15. The van der Waals surface area contributed by atoms with Gasteiger partial charge in [0.1, 0.15) is 6.04 Å². The molecule has 3 N–H and O–H groups in total. The van der Waals surface area contributed by atoms with Crippen LogP contribution in [0.5, 0.6) is 0 Å². The molecule has 0 fully saturated rings. The molecule has 0 heterocycles. The highest BCUT2D eigenvalue weighted by Gasteiger charge is 2.08. The van der Waals surface area contributed by atoms with Gasteiger partial charge in [-0.3, -0.25) is 4.79 Å². The fourth-order valence-electron chi connectivity index (χ4n) is 0.390. The van der Waals surface area contributed by atoms with Gasteiger partial charge in [-0.05, 0) is 13.3 Å². The van der Waals surface area contributed by atoms with Crippen LogP contribution in [0.25, 0.3) is 0 Å². The van der Waals surface area contributed by atoms with Crippen LogP contribution in [0, 0.1) is 0 Å². The molecule has 0 aliphatic carbocycles. The molecular formula is C6H10ClNO2. The maximum atomic E-state index is 10.1. The van der Waals surface area contributed by atoms with Gasteiger partial charge in [-0.1, -0.05) is 17.7 Å². The summed E-state index contributed by atoms with van der Waals surface area (Å²) in [6.45, 7) is 1.68. The van der Waals surface area contributed by atoms with E-state index >= 15 is 0 Å². The molecule has 0 saturated heterocycles. The Morgan fingerprint density at radius 3 is 2.70 bits per heavy atom. The maximum absolute atomic E-state index is 10.1. The van der Waals surface area contributed by atoms with Crippen molar-refractivity contribution in [3.8, 4) is 0 Å². The average molecular weight is 164 g/mol. The molecule has 0 aromatic carbocycles. The van der Waals surface area contributed by atoms with Gasteiger partial charge in [0, 0.05) is 5.03 Å². The first-order chi connectivity index (χ1) is 4.54. The predicted octanol–water partition coefficient (Wildman–Crippen LogP) is 0.931. The van der Waals surface area contributed by atoms with Gasteiger partial charge >= 0.3 is 5.97 Å². The number of hydrogen-bond donors (Lipinski definition) is 2. The zero-order valence-corrected chi connectivity index (χ0v) is 6.43. The highest BCUT2D eigenvalue weighted by atomic mass is 35.5. The van der Waals surface area contributed by atoms with Crippen LogP contribution in [-0.4, -0.2) is 17.1 Å². The largest absolute Gasteiger partial charge is 0.480 e. The second-order valence-electron chi connectivity index (χ2n) is 1.97. The van der Waals surface area contributed by atoms with Gasteiger partial charge in [-0.15, -0.1) is 0 Å². The third-order valence-electron chi connectivity index (χ3n) is 0.970. The van der Waals surface area contributed by atoms with E-state index in [1.165, 1.54) is 0 Å². The number of carbonyl (C=O) groups is 1. The molecule has 0 saturated carbocycles. The second-order valence-corrected chi connectivity index (χ2v) is 2.57. The minimum atomic E-state index is -1.01. The molecule has 58 valence electrons. The number of rotatable bonds is 3. The van der Waals surface area contributed by atoms with Crippen LogP contribution in [0.1, 0.15) is 13.3 Å². The topological polar surface area (TPSA) is 63.3 Å². The number of hydrogen-bond acceptors (Lipinski definition) is 2. The van der Waals surface area contributed by atoms with E-state index in [1.807, 2.05) is 0 Å². The molecule has 0 bridgehead atoms. The molecule has 0 rings (SSSR count). The Kier molecular flexibility index (Phi) is 4.07. The van der Waals surface area contributed by atoms with Crippen LogP contribution in [0.2, 0.25) is 0 Å². The Hall–Kier alpha value is -0.540. The lowest BCUT2D eigenvalue weighted by atomic mass is 10.2. The van der Waals surface area contributed by atoms with Gasteiger partial charge in [0.05, 0.1) is 0 Å². The summed E-state index contributed by atoms with van der Waals surface area (Å²) in [6.07, 6.45) is 1.87. The number of allylic oxidation sites excluding steroid dienone is 1. The van der Waals surface area contributed by atoms with E-state index in [4.69, 9.17) is 22.4 Å². The van der Waals surface area contributed by atoms with Crippen molar-refractivity contribution in [3.63, 3.8) is 0 Å². The van der Waals surface area contributed by atoms with Crippen molar-refractivity contribution in [1.29, 1.82) is 0 Å². The van der Waals surface area contributed by atoms with Crippen LogP contribution >= 0.6 is 11.6 Å². The second kappa shape index (κ2) is 4.30. The van der Waals surface area contributed by atoms with E-state index in [2.05, 4.69) is 0 Å². The van der Waals surface area contributed by atoms with Crippen molar-refractivity contribution in [2.75, 3.05) is 0 Å². The van der Waals surface area contributed by atoms with E-state index in [1.54, 1.807) is 13.0 Å². The molecule has 0 aliphatic rings. The number of halogens is 1. The summed E-state index contributed by atoms with van der Waals surface area (Å²) in [5, 5.41) is 8.86. The van der Waals surface area contributed by atoms with Crippen LogP contribution in [0.15, 0.2) is 11.1 Å². The Labute approximate surface area is 64.5 Å². The lowest BCUT2D eigenvalue weighted by Gasteiger charge is -2.00. The molecule has 4 heteroatoms. The van der Waals surface area contributed by atoms with E-state index in [-0.39, 0.29) is 6.42 Å². The Bertz CT molecular complexity index is 152. The van der Waals surface area contributed by atoms with Crippen LogP contribution in [0.3, 0.4) is 0 Å². The molecule has 0 aliphatic heterocycles. The van der Waals surface area contributed by atoms with Gasteiger partial charge in [-0.2, -0.15) is 0 Å². The Balaban J connectivity index is 3.70. The Morgan fingerprint density at radius 1 is 1.90 bits per heavy atom. The molecule has 10 heavy (non-hydrogen) atoms. The smallest absolute Gasteiger partial charge is 0.320 e. The molecule has 3 nitrogen and oxygen atoms in total. The first kappa shape index (κ1) is 9.46. The molecule has 0 aromatic heterocycles. The third kappa shape index (κ3) is 4.35. The van der Waals surface area contributed by atoms with E-state index in [9.17, 15) is 4.79 Å². The van der Waals surface area contributed by atoms with Crippen molar-refractivity contribution in [1.82, 2.24) is 0 Å². The highest BCUT2D eigenvalue weighted by molar-refractivity contribution is 6.29. The fourth-order valence-corrected chi connectivity index (χ4v) is 0.479. The zero-order valence-electron chi connectivity index (χ0n) is 5.67. The number of aliphatic carboxylic acids is 1. The summed E-state index contributed by atoms with van der Waals surface area (Å²) in [4.78, 5) is 10.1. The molecule has 0 radical (unpaired) electrons. The molecule has 1 atom stereocenters. The van der Waals surface area contributed by atoms with Gasteiger partial charge in [0.25, 0.3) is 0 Å². The maximum Gasteiger partial charge on any atom is 0.320 e. The van der Waals surface area contributed by atoms with E-state index in [0.717, 1.165) is 0 Å². The molecule has 1 unspecified atom stereocenters. The Morgan fingerprint density at radius 2 is 2.40 bits per heavy atom. The monoisotopic (exact) mass is 163 g/mol. The van der Waals surface area contributed by atoms with E-state index < -0.39 is 12.0 Å². The normalized spacial score (nSPS) is 14.9. The summed E-state index contributed by atoms with van der Waals surface area (Å²) in [6, 6.07) is -0.839. The summed E-state index contributed by atoms with van der Waals surface area (Å²) >= 11 is 5.44. The quantitative estimate of drug-likeness (QED) is 0.651. The molecular weight excluding hydrogens is 154 g/mol. The first-order valence-electron chi connectivity index (χ1n) is 2.84. The molecule has 0 amide bonds. The van der Waals surface area contributed by atoms with Crippen LogP contribution < -0.4 is 5.73 Å². The van der Waals surface area contributed by atoms with Crippen LogP contribution in [0.4, 0.5) is 0 Å². The van der Waals surface area contributed by atoms with Crippen molar-refractivity contribution in [2.45, 2.75) is 19.4 Å². The summed E-state index contributed by atoms with van der Waals surface area (Å²) in [5.74, 6) is -1.01. The number of carboxylic acid groups (broad SMARTS) is 1. The highest BCUT2D eigenvalue weighted by Crippen LogP contribution is 2.01. The van der Waals surface area contributed by atoms with Gasteiger partial charge < -0.3 is 10.8 Å². The van der Waals surface area contributed by atoms with E-state index in [0.29, 0.717) is 5.03 Å². The average Bonchev–Trinajstić information content (AvgIpc) is 1.82.